The summed E-state index contributed by atoms with van der Waals surface area (Å²) in [6, 6.07) is 6.71. The predicted octanol–water partition coefficient (Wildman–Crippen LogP) is 0.0435. The highest BCUT2D eigenvalue weighted by Crippen LogP contribution is 2.25. The third-order valence-electron chi connectivity index (χ3n) is 1.30. The fourth-order valence-corrected chi connectivity index (χ4v) is 0.830. The Morgan fingerprint density at radius 2 is 1.75 bits per heavy atom. The van der Waals surface area contributed by atoms with Crippen LogP contribution in [0.4, 0.5) is 0 Å². The molecule has 1 aromatic rings. The second kappa shape index (κ2) is 3.99. The molecule has 0 aliphatic heterocycles. The first-order valence-electron chi connectivity index (χ1n) is 3.40. The molecule has 64 valence electrons. The quantitative estimate of drug-likeness (QED) is 0.625. The molecule has 0 amide bonds. The van der Waals surface area contributed by atoms with Crippen molar-refractivity contribution in [3.63, 3.8) is 0 Å². The van der Waals surface area contributed by atoms with Gasteiger partial charge in [-0.05, 0) is 12.1 Å². The largest absolute Gasteiger partial charge is 0.707 e. The van der Waals surface area contributed by atoms with Crippen LogP contribution in [0.25, 0.3) is 0 Å². The van der Waals surface area contributed by atoms with Gasteiger partial charge in [0, 0.05) is 0 Å². The lowest BCUT2D eigenvalue weighted by molar-refractivity contribution is 0.279. The number of hydrogen-bond donors (Lipinski definition) is 2. The summed E-state index contributed by atoms with van der Waals surface area (Å²) in [5, 5.41) is 17.0. The molecular formula is C7H9BO4. The van der Waals surface area contributed by atoms with Gasteiger partial charge in [-0.15, -0.1) is 0 Å². The van der Waals surface area contributed by atoms with E-state index in [9.17, 15) is 0 Å². The number of para-hydroxylation sites is 2. The van der Waals surface area contributed by atoms with E-state index in [0.717, 1.165) is 0 Å². The van der Waals surface area contributed by atoms with Crippen LogP contribution in [-0.4, -0.2) is 24.5 Å². The average Bonchev–Trinajstić information content (AvgIpc) is 2.04. The summed E-state index contributed by atoms with van der Waals surface area (Å²) in [6.45, 7) is 0. The van der Waals surface area contributed by atoms with Crippen LogP contribution in [0.3, 0.4) is 0 Å². The number of ether oxygens (including phenoxy) is 1. The fraction of sp³-hybridized carbons (Fsp3) is 0.143. The molecule has 0 fully saturated rings. The molecule has 2 N–H and O–H groups in total. The molecule has 0 aromatic heterocycles. The smallest absolute Gasteiger partial charge is 0.509 e. The maximum Gasteiger partial charge on any atom is 0.707 e. The van der Waals surface area contributed by atoms with Gasteiger partial charge in [-0.3, -0.25) is 0 Å². The van der Waals surface area contributed by atoms with Crippen molar-refractivity contribution in [2.24, 2.45) is 0 Å². The molecule has 1 rings (SSSR count). The van der Waals surface area contributed by atoms with Crippen molar-refractivity contribution in [1.82, 2.24) is 0 Å². The standard InChI is InChI=1S/C7H9BO4/c1-11-6-4-2-3-5-7(6)12-8(9)10/h2-5,9-10H,1H3. The van der Waals surface area contributed by atoms with Crippen molar-refractivity contribution in [2.75, 3.05) is 7.11 Å². The van der Waals surface area contributed by atoms with Crippen molar-refractivity contribution in [2.45, 2.75) is 0 Å². The Morgan fingerprint density at radius 1 is 1.17 bits per heavy atom. The second-order valence-corrected chi connectivity index (χ2v) is 2.09. The van der Waals surface area contributed by atoms with Gasteiger partial charge >= 0.3 is 7.32 Å². The summed E-state index contributed by atoms with van der Waals surface area (Å²) >= 11 is 0. The maximum atomic E-state index is 8.50. The van der Waals surface area contributed by atoms with Crippen molar-refractivity contribution >= 4 is 7.32 Å². The normalized spacial score (nSPS) is 9.25. The van der Waals surface area contributed by atoms with E-state index in [1.165, 1.54) is 7.11 Å². The first-order valence-corrected chi connectivity index (χ1v) is 3.40. The van der Waals surface area contributed by atoms with Gasteiger partial charge in [-0.1, -0.05) is 12.1 Å². The van der Waals surface area contributed by atoms with Gasteiger partial charge in [0.25, 0.3) is 0 Å². The molecular weight excluding hydrogens is 159 g/mol. The molecule has 0 spiro atoms. The predicted molar refractivity (Wildman–Crippen MR) is 43.8 cm³/mol. The maximum absolute atomic E-state index is 8.50. The van der Waals surface area contributed by atoms with Crippen LogP contribution in [0.1, 0.15) is 0 Å². The van der Waals surface area contributed by atoms with Gasteiger partial charge in [-0.25, -0.2) is 0 Å². The SMILES string of the molecule is COc1ccccc1OB(O)O. The summed E-state index contributed by atoms with van der Waals surface area (Å²) in [5.41, 5.74) is 0. The number of rotatable bonds is 3. The van der Waals surface area contributed by atoms with E-state index in [1.54, 1.807) is 24.3 Å². The summed E-state index contributed by atoms with van der Waals surface area (Å²) in [7, 11) is -0.340. The van der Waals surface area contributed by atoms with E-state index in [0.29, 0.717) is 11.5 Å². The third kappa shape index (κ3) is 2.15. The van der Waals surface area contributed by atoms with Crippen molar-refractivity contribution in [3.05, 3.63) is 24.3 Å². The molecule has 0 unspecified atom stereocenters. The topological polar surface area (TPSA) is 58.9 Å². The van der Waals surface area contributed by atoms with Crippen LogP contribution in [0.2, 0.25) is 0 Å². The van der Waals surface area contributed by atoms with E-state index in [2.05, 4.69) is 4.65 Å². The second-order valence-electron chi connectivity index (χ2n) is 2.09. The van der Waals surface area contributed by atoms with Gasteiger partial charge < -0.3 is 19.4 Å². The highest BCUT2D eigenvalue weighted by atomic mass is 16.6. The first kappa shape index (κ1) is 8.90. The molecule has 1 aromatic carbocycles. The first-order chi connectivity index (χ1) is 5.74. The molecule has 12 heavy (non-hydrogen) atoms. The highest BCUT2D eigenvalue weighted by molar-refractivity contribution is 6.33. The lowest BCUT2D eigenvalue weighted by Gasteiger charge is -2.08. The average molecular weight is 168 g/mol. The Labute approximate surface area is 70.5 Å². The minimum absolute atomic E-state index is 0.301. The molecule has 0 heterocycles. The van der Waals surface area contributed by atoms with Gasteiger partial charge in [0.05, 0.1) is 7.11 Å². The Balaban J connectivity index is 2.82. The van der Waals surface area contributed by atoms with E-state index < -0.39 is 7.32 Å². The van der Waals surface area contributed by atoms with E-state index in [1.807, 2.05) is 0 Å². The van der Waals surface area contributed by atoms with E-state index in [4.69, 9.17) is 14.8 Å². The monoisotopic (exact) mass is 168 g/mol. The van der Waals surface area contributed by atoms with E-state index in [-0.39, 0.29) is 0 Å². The summed E-state index contributed by atoms with van der Waals surface area (Å²) in [6.07, 6.45) is 0. The highest BCUT2D eigenvalue weighted by Gasteiger charge is 2.13. The Bertz CT molecular complexity index is 251. The van der Waals surface area contributed by atoms with Gasteiger partial charge in [-0.2, -0.15) is 0 Å². The minimum atomic E-state index is -1.82. The zero-order valence-electron chi connectivity index (χ0n) is 6.60. The van der Waals surface area contributed by atoms with Crippen LogP contribution in [-0.2, 0) is 0 Å². The van der Waals surface area contributed by atoms with Crippen molar-refractivity contribution < 1.29 is 19.4 Å². The summed E-state index contributed by atoms with van der Waals surface area (Å²) < 4.78 is 9.52. The van der Waals surface area contributed by atoms with Crippen molar-refractivity contribution in [1.29, 1.82) is 0 Å². The Hall–Kier alpha value is -1.20. The number of methoxy groups -OCH3 is 1. The van der Waals surface area contributed by atoms with Crippen molar-refractivity contribution in [3.8, 4) is 11.5 Å². The molecule has 0 aliphatic carbocycles. The molecule has 4 nitrogen and oxygen atoms in total. The molecule has 0 saturated heterocycles. The van der Waals surface area contributed by atoms with Gasteiger partial charge in [0.1, 0.15) is 5.75 Å². The summed E-state index contributed by atoms with van der Waals surface area (Å²) in [5.74, 6) is 0.764. The minimum Gasteiger partial charge on any atom is -0.509 e. The number of hydrogen-bond acceptors (Lipinski definition) is 4. The molecule has 0 aliphatic rings. The van der Waals surface area contributed by atoms with Gasteiger partial charge in [0.15, 0.2) is 5.75 Å². The third-order valence-corrected chi connectivity index (χ3v) is 1.30. The molecule has 0 saturated carbocycles. The molecule has 0 radical (unpaired) electrons. The zero-order valence-corrected chi connectivity index (χ0v) is 6.60. The van der Waals surface area contributed by atoms with Crippen LogP contribution in [0, 0.1) is 0 Å². The number of benzene rings is 1. The lowest BCUT2D eigenvalue weighted by atomic mass is 10.2. The van der Waals surface area contributed by atoms with Crippen LogP contribution >= 0.6 is 0 Å². The summed E-state index contributed by atoms with van der Waals surface area (Å²) in [4.78, 5) is 0. The fourth-order valence-electron chi connectivity index (χ4n) is 0.830. The van der Waals surface area contributed by atoms with Crippen LogP contribution in [0.5, 0.6) is 11.5 Å². The van der Waals surface area contributed by atoms with Crippen LogP contribution in [0.15, 0.2) is 24.3 Å². The zero-order chi connectivity index (χ0) is 8.97. The Morgan fingerprint density at radius 3 is 2.25 bits per heavy atom. The van der Waals surface area contributed by atoms with E-state index >= 15 is 0 Å². The molecule has 0 bridgehead atoms. The molecule has 0 atom stereocenters. The lowest BCUT2D eigenvalue weighted by Crippen LogP contribution is -2.20. The van der Waals surface area contributed by atoms with Gasteiger partial charge in [0.2, 0.25) is 0 Å². The van der Waals surface area contributed by atoms with Crippen LogP contribution < -0.4 is 9.39 Å². The molecule has 5 heteroatoms. The Kier molecular flexibility index (Phi) is 2.96.